The van der Waals surface area contributed by atoms with Crippen molar-refractivity contribution in [1.82, 2.24) is 19.9 Å². The van der Waals surface area contributed by atoms with Crippen LogP contribution >= 0.6 is 11.3 Å². The van der Waals surface area contributed by atoms with Gasteiger partial charge >= 0.3 is 0 Å². The second-order valence-corrected chi connectivity index (χ2v) is 7.77. The number of aryl methyl sites for hydroxylation is 2. The van der Waals surface area contributed by atoms with E-state index in [4.69, 9.17) is 4.74 Å². The van der Waals surface area contributed by atoms with Gasteiger partial charge < -0.3 is 9.64 Å². The Morgan fingerprint density at radius 3 is 3.12 bits per heavy atom. The molecule has 1 unspecified atom stereocenters. The van der Waals surface area contributed by atoms with Crippen LogP contribution < -0.4 is 9.64 Å². The maximum atomic E-state index is 5.79. The van der Waals surface area contributed by atoms with Gasteiger partial charge in [-0.3, -0.25) is 4.98 Å². The van der Waals surface area contributed by atoms with Crippen LogP contribution in [0.25, 0.3) is 10.2 Å². The molecule has 0 N–H and O–H groups in total. The minimum atomic E-state index is 0.485. The first-order chi connectivity index (χ1) is 12.4. The largest absolute Gasteiger partial charge is 0.476 e. The van der Waals surface area contributed by atoms with E-state index in [9.17, 15) is 0 Å². The van der Waals surface area contributed by atoms with Gasteiger partial charge in [0.25, 0.3) is 0 Å². The van der Waals surface area contributed by atoms with Gasteiger partial charge in [0.05, 0.1) is 18.2 Å². The molecule has 0 bridgehead atoms. The Morgan fingerprint density at radius 2 is 2.20 bits per heavy atom. The monoisotopic (exact) mass is 353 g/mol. The molecule has 3 aromatic rings. The van der Waals surface area contributed by atoms with Crippen molar-refractivity contribution >= 4 is 27.4 Å². The molecule has 1 saturated heterocycles. The zero-order chi connectivity index (χ0) is 16.6. The number of hydrogen-bond acceptors (Lipinski definition) is 7. The molecule has 1 atom stereocenters. The van der Waals surface area contributed by atoms with Crippen LogP contribution in [-0.2, 0) is 12.8 Å². The van der Waals surface area contributed by atoms with Gasteiger partial charge in [-0.05, 0) is 31.2 Å². The summed E-state index contributed by atoms with van der Waals surface area (Å²) >= 11 is 1.85. The van der Waals surface area contributed by atoms with Gasteiger partial charge in [0.2, 0.25) is 5.88 Å². The molecule has 1 fully saturated rings. The lowest BCUT2D eigenvalue weighted by Crippen LogP contribution is -2.23. The van der Waals surface area contributed by atoms with E-state index < -0.39 is 0 Å². The number of nitrogens with zero attached hydrogens (tertiary/aromatic N) is 5. The van der Waals surface area contributed by atoms with Crippen molar-refractivity contribution in [3.63, 3.8) is 0 Å². The van der Waals surface area contributed by atoms with E-state index in [1.54, 1.807) is 24.9 Å². The third kappa shape index (κ3) is 2.72. The van der Waals surface area contributed by atoms with Crippen LogP contribution in [0.15, 0.2) is 24.9 Å². The Morgan fingerprint density at radius 1 is 1.20 bits per heavy atom. The second-order valence-electron chi connectivity index (χ2n) is 6.69. The van der Waals surface area contributed by atoms with Crippen LogP contribution in [0.2, 0.25) is 0 Å². The maximum absolute atomic E-state index is 5.79. The van der Waals surface area contributed by atoms with Crippen LogP contribution in [0.5, 0.6) is 5.88 Å². The number of thiophene rings is 1. The van der Waals surface area contributed by atoms with Crippen LogP contribution in [0, 0.1) is 5.92 Å². The van der Waals surface area contributed by atoms with Gasteiger partial charge in [0, 0.05) is 36.3 Å². The number of rotatable bonds is 4. The van der Waals surface area contributed by atoms with Crippen molar-refractivity contribution in [2.24, 2.45) is 5.92 Å². The molecule has 0 aromatic carbocycles. The van der Waals surface area contributed by atoms with Gasteiger partial charge in [0.1, 0.15) is 17.0 Å². The van der Waals surface area contributed by atoms with E-state index in [0.29, 0.717) is 18.4 Å². The first-order valence-corrected chi connectivity index (χ1v) is 9.59. The van der Waals surface area contributed by atoms with E-state index in [2.05, 4.69) is 24.8 Å². The zero-order valence-corrected chi connectivity index (χ0v) is 14.7. The maximum Gasteiger partial charge on any atom is 0.232 e. The molecule has 4 heterocycles. The third-order valence-electron chi connectivity index (χ3n) is 5.07. The van der Waals surface area contributed by atoms with Gasteiger partial charge in [-0.15, -0.1) is 11.3 Å². The van der Waals surface area contributed by atoms with E-state index in [0.717, 1.165) is 30.2 Å². The SMILES string of the molecule is c1cnc(OCC2CCN(c3ncnc4sc5c(c34)CCC5)C2)cn1. The number of fused-ring (bicyclic) bond motifs is 3. The predicted octanol–water partition coefficient (Wildman–Crippen LogP) is 2.88. The Bertz CT molecular complexity index is 897. The molecule has 128 valence electrons. The van der Waals surface area contributed by atoms with Crippen LogP contribution in [-0.4, -0.2) is 39.6 Å². The summed E-state index contributed by atoms with van der Waals surface area (Å²) in [6.45, 7) is 2.66. The molecule has 2 aliphatic rings. The van der Waals surface area contributed by atoms with Gasteiger partial charge in [0.15, 0.2) is 0 Å². The van der Waals surface area contributed by atoms with Crippen molar-refractivity contribution in [3.05, 3.63) is 35.4 Å². The van der Waals surface area contributed by atoms with E-state index in [1.807, 2.05) is 11.3 Å². The summed E-state index contributed by atoms with van der Waals surface area (Å²) in [5.74, 6) is 2.20. The van der Waals surface area contributed by atoms with Gasteiger partial charge in [-0.2, -0.15) is 0 Å². The topological polar surface area (TPSA) is 64.0 Å². The number of anilines is 1. The molecule has 0 spiro atoms. The van der Waals surface area contributed by atoms with Gasteiger partial charge in [-0.1, -0.05) is 0 Å². The van der Waals surface area contributed by atoms with Crippen molar-refractivity contribution < 1.29 is 4.74 Å². The number of ether oxygens (including phenoxy) is 1. The van der Waals surface area contributed by atoms with E-state index in [-0.39, 0.29) is 0 Å². The number of aromatic nitrogens is 4. The highest BCUT2D eigenvalue weighted by atomic mass is 32.1. The molecular weight excluding hydrogens is 334 g/mol. The van der Waals surface area contributed by atoms with E-state index >= 15 is 0 Å². The van der Waals surface area contributed by atoms with Crippen molar-refractivity contribution in [3.8, 4) is 5.88 Å². The molecule has 7 heteroatoms. The molecule has 3 aromatic heterocycles. The standard InChI is InChI=1S/C18H19N5OS/c1-2-13-14(3-1)25-18-16(13)17(21-11-22-18)23-7-4-12(9-23)10-24-15-8-19-5-6-20-15/h5-6,8,11-12H,1-4,7,9-10H2. The molecule has 1 aliphatic heterocycles. The highest BCUT2D eigenvalue weighted by Gasteiger charge is 2.28. The summed E-state index contributed by atoms with van der Waals surface area (Å²) < 4.78 is 5.79. The fourth-order valence-corrected chi connectivity index (χ4v) is 5.10. The first kappa shape index (κ1) is 15.0. The third-order valence-corrected chi connectivity index (χ3v) is 6.27. The van der Waals surface area contributed by atoms with Crippen molar-refractivity contribution in [2.75, 3.05) is 24.6 Å². The average molecular weight is 353 g/mol. The van der Waals surface area contributed by atoms with Crippen LogP contribution in [0.3, 0.4) is 0 Å². The molecule has 5 rings (SSSR count). The summed E-state index contributed by atoms with van der Waals surface area (Å²) in [4.78, 5) is 22.4. The summed E-state index contributed by atoms with van der Waals surface area (Å²) in [6, 6.07) is 0. The lowest BCUT2D eigenvalue weighted by Gasteiger charge is -2.19. The highest BCUT2D eigenvalue weighted by Crippen LogP contribution is 2.41. The second kappa shape index (κ2) is 6.22. The average Bonchev–Trinajstić information content (AvgIpc) is 3.36. The predicted molar refractivity (Wildman–Crippen MR) is 97.3 cm³/mol. The molecule has 0 amide bonds. The normalized spacial score (nSPS) is 19.5. The molecule has 0 radical (unpaired) electrons. The summed E-state index contributed by atoms with van der Waals surface area (Å²) in [6.07, 6.45) is 11.4. The van der Waals surface area contributed by atoms with Crippen molar-refractivity contribution in [2.45, 2.75) is 25.7 Å². The smallest absolute Gasteiger partial charge is 0.232 e. The zero-order valence-electron chi connectivity index (χ0n) is 13.9. The molecule has 25 heavy (non-hydrogen) atoms. The fourth-order valence-electron chi connectivity index (χ4n) is 3.88. The minimum Gasteiger partial charge on any atom is -0.476 e. The van der Waals surface area contributed by atoms with Crippen molar-refractivity contribution in [1.29, 1.82) is 0 Å². The Hall–Kier alpha value is -2.28. The molecular formula is C18H19N5OS. The van der Waals surface area contributed by atoms with Crippen LogP contribution in [0.1, 0.15) is 23.3 Å². The summed E-state index contributed by atoms with van der Waals surface area (Å²) in [5, 5.41) is 1.30. The lowest BCUT2D eigenvalue weighted by atomic mass is 10.1. The minimum absolute atomic E-state index is 0.485. The molecule has 6 nitrogen and oxygen atoms in total. The van der Waals surface area contributed by atoms with E-state index in [1.165, 1.54) is 35.1 Å². The Labute approximate surface area is 149 Å². The fraction of sp³-hybridized carbons (Fsp3) is 0.444. The summed E-state index contributed by atoms with van der Waals surface area (Å²) in [7, 11) is 0. The summed E-state index contributed by atoms with van der Waals surface area (Å²) in [5.41, 5.74) is 1.50. The highest BCUT2D eigenvalue weighted by molar-refractivity contribution is 7.19. The molecule has 0 saturated carbocycles. The first-order valence-electron chi connectivity index (χ1n) is 8.77. The lowest BCUT2D eigenvalue weighted by molar-refractivity contribution is 0.251. The quantitative estimate of drug-likeness (QED) is 0.719. The van der Waals surface area contributed by atoms with Gasteiger partial charge in [-0.25, -0.2) is 15.0 Å². The molecule has 1 aliphatic carbocycles. The van der Waals surface area contributed by atoms with Crippen LogP contribution in [0.4, 0.5) is 5.82 Å². The number of hydrogen-bond donors (Lipinski definition) is 0. The Balaban J connectivity index is 1.34. The Kier molecular flexibility index (Phi) is 3.73.